The highest BCUT2D eigenvalue weighted by molar-refractivity contribution is 5.76. The molecule has 0 spiro atoms. The second-order valence-electron chi connectivity index (χ2n) is 4.73. The predicted molar refractivity (Wildman–Crippen MR) is 64.1 cm³/mol. The Labute approximate surface area is 98.1 Å². The zero-order valence-corrected chi connectivity index (χ0v) is 10.4. The van der Waals surface area contributed by atoms with Gasteiger partial charge in [0.15, 0.2) is 0 Å². The van der Waals surface area contributed by atoms with Gasteiger partial charge in [-0.1, -0.05) is 6.92 Å². The van der Waals surface area contributed by atoms with Crippen LogP contribution < -0.4 is 5.73 Å². The van der Waals surface area contributed by atoms with Gasteiger partial charge in [0.05, 0.1) is 0 Å². The Bertz CT molecular complexity index is 217. The summed E-state index contributed by atoms with van der Waals surface area (Å²) in [7, 11) is 1.67. The normalized spacial score (nSPS) is 17.9. The second kappa shape index (κ2) is 6.86. The standard InChI is InChI=1S/C12H24N2O2/c1-10(9-16-2)8-12(15)14(7-6-13)11-4-3-5-11/h10-11H,3-9,13H2,1-2H3. The molecule has 0 bridgehead atoms. The van der Waals surface area contributed by atoms with Crippen LogP contribution in [0.5, 0.6) is 0 Å². The van der Waals surface area contributed by atoms with E-state index in [1.165, 1.54) is 6.42 Å². The first-order chi connectivity index (χ1) is 7.69. The molecule has 1 amide bonds. The molecular formula is C12H24N2O2. The lowest BCUT2D eigenvalue weighted by Gasteiger charge is -2.38. The Balaban J connectivity index is 2.40. The first kappa shape index (κ1) is 13.5. The van der Waals surface area contributed by atoms with Gasteiger partial charge in [0, 0.05) is 39.3 Å². The Kier molecular flexibility index (Phi) is 5.77. The van der Waals surface area contributed by atoms with Gasteiger partial charge in [-0.15, -0.1) is 0 Å². The Morgan fingerprint density at radius 1 is 1.56 bits per heavy atom. The number of nitrogens with two attached hydrogens (primary N) is 1. The van der Waals surface area contributed by atoms with E-state index in [1.807, 2.05) is 11.8 Å². The molecule has 0 aliphatic heterocycles. The fourth-order valence-electron chi connectivity index (χ4n) is 2.11. The van der Waals surface area contributed by atoms with Crippen LogP contribution in [-0.4, -0.2) is 43.7 Å². The van der Waals surface area contributed by atoms with Crippen molar-refractivity contribution in [3.8, 4) is 0 Å². The maximum absolute atomic E-state index is 12.1. The molecular weight excluding hydrogens is 204 g/mol. The van der Waals surface area contributed by atoms with Gasteiger partial charge >= 0.3 is 0 Å². The average molecular weight is 228 g/mol. The summed E-state index contributed by atoms with van der Waals surface area (Å²) in [4.78, 5) is 14.0. The van der Waals surface area contributed by atoms with Crippen molar-refractivity contribution >= 4 is 5.91 Å². The minimum Gasteiger partial charge on any atom is -0.384 e. The second-order valence-corrected chi connectivity index (χ2v) is 4.73. The van der Waals surface area contributed by atoms with Gasteiger partial charge < -0.3 is 15.4 Å². The van der Waals surface area contributed by atoms with Crippen molar-refractivity contribution in [1.82, 2.24) is 4.90 Å². The van der Waals surface area contributed by atoms with E-state index in [0.29, 0.717) is 32.2 Å². The summed E-state index contributed by atoms with van der Waals surface area (Å²) >= 11 is 0. The number of nitrogens with zero attached hydrogens (tertiary/aromatic N) is 1. The monoisotopic (exact) mass is 228 g/mol. The molecule has 1 unspecified atom stereocenters. The number of methoxy groups -OCH3 is 1. The third-order valence-electron chi connectivity index (χ3n) is 3.18. The zero-order valence-electron chi connectivity index (χ0n) is 10.4. The lowest BCUT2D eigenvalue weighted by molar-refractivity contribution is -0.136. The molecule has 0 aromatic rings. The maximum atomic E-state index is 12.1. The molecule has 1 saturated carbocycles. The molecule has 4 heteroatoms. The fraction of sp³-hybridized carbons (Fsp3) is 0.917. The van der Waals surface area contributed by atoms with Crippen molar-refractivity contribution in [1.29, 1.82) is 0 Å². The Morgan fingerprint density at radius 3 is 2.69 bits per heavy atom. The highest BCUT2D eigenvalue weighted by Crippen LogP contribution is 2.25. The number of hydrogen-bond acceptors (Lipinski definition) is 3. The largest absolute Gasteiger partial charge is 0.384 e. The van der Waals surface area contributed by atoms with Crippen LogP contribution in [0.3, 0.4) is 0 Å². The quantitative estimate of drug-likeness (QED) is 0.707. The van der Waals surface area contributed by atoms with Gasteiger partial charge in [-0.05, 0) is 25.2 Å². The van der Waals surface area contributed by atoms with Crippen LogP contribution in [0.4, 0.5) is 0 Å². The summed E-state index contributed by atoms with van der Waals surface area (Å²) in [5, 5.41) is 0. The lowest BCUT2D eigenvalue weighted by Crippen LogP contribution is -2.47. The van der Waals surface area contributed by atoms with E-state index in [-0.39, 0.29) is 11.8 Å². The fourth-order valence-corrected chi connectivity index (χ4v) is 2.11. The predicted octanol–water partition coefficient (Wildman–Crippen LogP) is 0.999. The first-order valence-electron chi connectivity index (χ1n) is 6.17. The molecule has 1 aliphatic carbocycles. The molecule has 4 nitrogen and oxygen atoms in total. The smallest absolute Gasteiger partial charge is 0.223 e. The number of rotatable bonds is 7. The average Bonchev–Trinajstić information content (AvgIpc) is 2.14. The summed E-state index contributed by atoms with van der Waals surface area (Å²) in [6.45, 7) is 3.94. The van der Waals surface area contributed by atoms with Crippen molar-refractivity contribution < 1.29 is 9.53 Å². The Morgan fingerprint density at radius 2 is 2.25 bits per heavy atom. The van der Waals surface area contributed by atoms with Gasteiger partial charge in [-0.3, -0.25) is 4.79 Å². The van der Waals surface area contributed by atoms with Crippen molar-refractivity contribution in [3.05, 3.63) is 0 Å². The summed E-state index contributed by atoms with van der Waals surface area (Å²) in [6.07, 6.45) is 4.10. The molecule has 1 atom stereocenters. The van der Waals surface area contributed by atoms with E-state index < -0.39 is 0 Å². The van der Waals surface area contributed by atoms with Crippen LogP contribution in [-0.2, 0) is 9.53 Å². The third-order valence-corrected chi connectivity index (χ3v) is 3.18. The van der Waals surface area contributed by atoms with Crippen LogP contribution in [0.15, 0.2) is 0 Å². The van der Waals surface area contributed by atoms with Crippen LogP contribution in [0.2, 0.25) is 0 Å². The van der Waals surface area contributed by atoms with Gasteiger partial charge in [-0.2, -0.15) is 0 Å². The molecule has 0 radical (unpaired) electrons. The van der Waals surface area contributed by atoms with E-state index >= 15 is 0 Å². The zero-order chi connectivity index (χ0) is 12.0. The first-order valence-corrected chi connectivity index (χ1v) is 6.17. The molecule has 1 fully saturated rings. The van der Waals surface area contributed by atoms with Crippen LogP contribution in [0.25, 0.3) is 0 Å². The van der Waals surface area contributed by atoms with E-state index in [1.54, 1.807) is 7.11 Å². The van der Waals surface area contributed by atoms with Gasteiger partial charge in [0.1, 0.15) is 0 Å². The van der Waals surface area contributed by atoms with Gasteiger partial charge in [0.25, 0.3) is 0 Å². The van der Waals surface area contributed by atoms with Crippen molar-refractivity contribution in [2.45, 2.75) is 38.6 Å². The van der Waals surface area contributed by atoms with E-state index in [0.717, 1.165) is 12.8 Å². The van der Waals surface area contributed by atoms with Gasteiger partial charge in [0.2, 0.25) is 5.91 Å². The molecule has 0 saturated heterocycles. The number of carbonyl (C=O) groups excluding carboxylic acids is 1. The molecule has 1 rings (SSSR count). The molecule has 0 aromatic carbocycles. The maximum Gasteiger partial charge on any atom is 0.223 e. The van der Waals surface area contributed by atoms with Gasteiger partial charge in [-0.25, -0.2) is 0 Å². The summed E-state index contributed by atoms with van der Waals surface area (Å²) < 4.78 is 5.05. The van der Waals surface area contributed by atoms with Crippen LogP contribution in [0.1, 0.15) is 32.6 Å². The minimum atomic E-state index is 0.236. The number of carbonyl (C=O) groups is 1. The molecule has 1 aliphatic rings. The number of amides is 1. The SMILES string of the molecule is COCC(C)CC(=O)N(CCN)C1CCC1. The summed E-state index contributed by atoms with van der Waals surface area (Å²) in [5.41, 5.74) is 5.55. The number of hydrogen-bond donors (Lipinski definition) is 1. The summed E-state index contributed by atoms with van der Waals surface area (Å²) in [6, 6.07) is 0.450. The summed E-state index contributed by atoms with van der Waals surface area (Å²) in [5.74, 6) is 0.526. The van der Waals surface area contributed by atoms with Crippen LogP contribution >= 0.6 is 0 Å². The third kappa shape index (κ3) is 3.76. The highest BCUT2D eigenvalue weighted by atomic mass is 16.5. The number of ether oxygens (including phenoxy) is 1. The van der Waals surface area contributed by atoms with Crippen molar-refractivity contribution in [2.24, 2.45) is 11.7 Å². The van der Waals surface area contributed by atoms with Crippen molar-refractivity contribution in [2.75, 3.05) is 26.8 Å². The molecule has 0 aromatic heterocycles. The topological polar surface area (TPSA) is 55.6 Å². The molecule has 94 valence electrons. The van der Waals surface area contributed by atoms with E-state index in [9.17, 15) is 4.79 Å². The Hall–Kier alpha value is -0.610. The van der Waals surface area contributed by atoms with Crippen molar-refractivity contribution in [3.63, 3.8) is 0 Å². The molecule has 2 N–H and O–H groups in total. The van der Waals surface area contributed by atoms with Crippen LogP contribution in [0, 0.1) is 5.92 Å². The molecule has 0 heterocycles. The van der Waals surface area contributed by atoms with E-state index in [4.69, 9.17) is 10.5 Å². The highest BCUT2D eigenvalue weighted by Gasteiger charge is 2.28. The lowest BCUT2D eigenvalue weighted by atomic mass is 9.91. The minimum absolute atomic E-state index is 0.236. The molecule has 16 heavy (non-hydrogen) atoms. The van der Waals surface area contributed by atoms with E-state index in [2.05, 4.69) is 0 Å².